The summed E-state index contributed by atoms with van der Waals surface area (Å²) in [6.07, 6.45) is 4.06. The number of hydrogen-bond acceptors (Lipinski definition) is 3. The van der Waals surface area contributed by atoms with Crippen LogP contribution in [0.3, 0.4) is 0 Å². The van der Waals surface area contributed by atoms with Crippen LogP contribution in [0.25, 0.3) is 0 Å². The predicted octanol–water partition coefficient (Wildman–Crippen LogP) is 4.33. The molecule has 2 aromatic rings. The Kier molecular flexibility index (Phi) is 4.08. The Morgan fingerprint density at radius 3 is 2.80 bits per heavy atom. The SMILES string of the molecule is CNC(c1cccc(C2CCC2)c1)c1sccc1OC. The number of benzene rings is 1. The molecule has 1 atom stereocenters. The summed E-state index contributed by atoms with van der Waals surface area (Å²) in [5.41, 5.74) is 2.82. The molecule has 0 amide bonds. The first-order valence-corrected chi connectivity index (χ1v) is 8.10. The summed E-state index contributed by atoms with van der Waals surface area (Å²) in [7, 11) is 3.75. The predicted molar refractivity (Wildman–Crippen MR) is 84.8 cm³/mol. The van der Waals surface area contributed by atoms with Crippen molar-refractivity contribution in [3.63, 3.8) is 0 Å². The van der Waals surface area contributed by atoms with E-state index in [1.807, 2.05) is 13.1 Å². The minimum atomic E-state index is 0.213. The van der Waals surface area contributed by atoms with E-state index in [0.717, 1.165) is 11.7 Å². The van der Waals surface area contributed by atoms with Crippen molar-refractivity contribution in [2.24, 2.45) is 0 Å². The molecular formula is C17H21NOS. The number of ether oxygens (including phenoxy) is 1. The molecule has 1 aromatic heterocycles. The van der Waals surface area contributed by atoms with Gasteiger partial charge < -0.3 is 10.1 Å². The number of hydrogen-bond donors (Lipinski definition) is 1. The molecule has 1 N–H and O–H groups in total. The third kappa shape index (κ3) is 2.48. The Morgan fingerprint density at radius 2 is 2.15 bits per heavy atom. The molecule has 1 unspecified atom stereocenters. The van der Waals surface area contributed by atoms with Crippen molar-refractivity contribution in [3.05, 3.63) is 51.7 Å². The van der Waals surface area contributed by atoms with Crippen molar-refractivity contribution in [3.8, 4) is 5.75 Å². The van der Waals surface area contributed by atoms with Crippen molar-refractivity contribution < 1.29 is 4.74 Å². The largest absolute Gasteiger partial charge is 0.496 e. The third-order valence-corrected chi connectivity index (χ3v) is 5.21. The number of nitrogens with one attached hydrogen (secondary N) is 1. The van der Waals surface area contributed by atoms with Crippen molar-refractivity contribution in [2.45, 2.75) is 31.2 Å². The molecule has 1 aromatic carbocycles. The lowest BCUT2D eigenvalue weighted by Gasteiger charge is -2.27. The maximum absolute atomic E-state index is 5.47. The molecule has 1 aliphatic carbocycles. The van der Waals surface area contributed by atoms with Gasteiger partial charge in [0.25, 0.3) is 0 Å². The van der Waals surface area contributed by atoms with E-state index in [1.54, 1.807) is 18.4 Å². The Labute approximate surface area is 124 Å². The van der Waals surface area contributed by atoms with Crippen LogP contribution >= 0.6 is 11.3 Å². The van der Waals surface area contributed by atoms with E-state index in [9.17, 15) is 0 Å². The zero-order valence-corrected chi connectivity index (χ0v) is 12.9. The molecule has 0 spiro atoms. The number of methoxy groups -OCH3 is 1. The molecule has 0 radical (unpaired) electrons. The van der Waals surface area contributed by atoms with Crippen LogP contribution in [-0.4, -0.2) is 14.2 Å². The topological polar surface area (TPSA) is 21.3 Å². The first-order chi connectivity index (χ1) is 9.83. The lowest BCUT2D eigenvalue weighted by atomic mass is 9.79. The summed E-state index contributed by atoms with van der Waals surface area (Å²) in [6.45, 7) is 0. The molecule has 20 heavy (non-hydrogen) atoms. The van der Waals surface area contributed by atoms with Crippen LogP contribution in [0.15, 0.2) is 35.7 Å². The zero-order valence-electron chi connectivity index (χ0n) is 12.1. The first-order valence-electron chi connectivity index (χ1n) is 7.22. The van der Waals surface area contributed by atoms with E-state index in [0.29, 0.717) is 0 Å². The normalized spacial score (nSPS) is 16.7. The number of thiophene rings is 1. The van der Waals surface area contributed by atoms with Crippen LogP contribution in [0.4, 0.5) is 0 Å². The Balaban J connectivity index is 1.92. The fraction of sp³-hybridized carbons (Fsp3) is 0.412. The molecule has 0 saturated heterocycles. The zero-order chi connectivity index (χ0) is 13.9. The van der Waals surface area contributed by atoms with Crippen molar-refractivity contribution in [1.82, 2.24) is 5.32 Å². The van der Waals surface area contributed by atoms with E-state index in [4.69, 9.17) is 4.74 Å². The van der Waals surface area contributed by atoms with Gasteiger partial charge in [-0.25, -0.2) is 0 Å². The average molecular weight is 287 g/mol. The van der Waals surface area contributed by atoms with E-state index < -0.39 is 0 Å². The van der Waals surface area contributed by atoms with E-state index in [1.165, 1.54) is 35.3 Å². The van der Waals surface area contributed by atoms with Crippen LogP contribution in [0.5, 0.6) is 5.75 Å². The summed E-state index contributed by atoms with van der Waals surface area (Å²) in [5.74, 6) is 1.75. The molecule has 106 valence electrons. The van der Waals surface area contributed by atoms with Crippen LogP contribution in [0.1, 0.15) is 47.2 Å². The highest BCUT2D eigenvalue weighted by Gasteiger charge is 2.22. The van der Waals surface area contributed by atoms with Gasteiger partial charge in [0.15, 0.2) is 0 Å². The third-order valence-electron chi connectivity index (χ3n) is 4.25. The molecule has 1 heterocycles. The van der Waals surface area contributed by atoms with E-state index in [-0.39, 0.29) is 6.04 Å². The van der Waals surface area contributed by atoms with Crippen LogP contribution in [-0.2, 0) is 0 Å². The number of rotatable bonds is 5. The highest BCUT2D eigenvalue weighted by atomic mass is 32.1. The molecule has 3 rings (SSSR count). The fourth-order valence-electron chi connectivity index (χ4n) is 2.87. The highest BCUT2D eigenvalue weighted by Crippen LogP contribution is 2.39. The second-order valence-electron chi connectivity index (χ2n) is 5.37. The molecule has 3 heteroatoms. The van der Waals surface area contributed by atoms with Gasteiger partial charge in [-0.3, -0.25) is 0 Å². The van der Waals surface area contributed by atoms with Gasteiger partial charge in [0.2, 0.25) is 0 Å². The van der Waals surface area contributed by atoms with Gasteiger partial charge >= 0.3 is 0 Å². The fourth-order valence-corrected chi connectivity index (χ4v) is 3.87. The standard InChI is InChI=1S/C17H21NOS/c1-18-16(17-15(19-2)9-10-20-17)14-8-4-7-13(11-14)12-5-3-6-12/h4,7-12,16,18H,3,5-6H2,1-2H3. The van der Waals surface area contributed by atoms with Gasteiger partial charge in [0.05, 0.1) is 18.0 Å². The molecular weight excluding hydrogens is 266 g/mol. The van der Waals surface area contributed by atoms with Crippen molar-refractivity contribution in [1.29, 1.82) is 0 Å². The Hall–Kier alpha value is -1.32. The smallest absolute Gasteiger partial charge is 0.134 e. The second kappa shape index (κ2) is 5.98. The van der Waals surface area contributed by atoms with Crippen molar-refractivity contribution in [2.75, 3.05) is 14.2 Å². The van der Waals surface area contributed by atoms with Gasteiger partial charge in [0, 0.05) is 0 Å². The monoisotopic (exact) mass is 287 g/mol. The Bertz CT molecular complexity index is 574. The first kappa shape index (κ1) is 13.7. The van der Waals surface area contributed by atoms with Crippen LogP contribution < -0.4 is 10.1 Å². The van der Waals surface area contributed by atoms with Gasteiger partial charge in [-0.05, 0) is 48.4 Å². The molecule has 1 saturated carbocycles. The van der Waals surface area contributed by atoms with Gasteiger partial charge in [0.1, 0.15) is 5.75 Å². The molecule has 1 fully saturated rings. The molecule has 2 nitrogen and oxygen atoms in total. The minimum absolute atomic E-state index is 0.213. The van der Waals surface area contributed by atoms with E-state index >= 15 is 0 Å². The second-order valence-corrected chi connectivity index (χ2v) is 6.32. The average Bonchev–Trinajstić information content (AvgIpc) is 2.86. The lowest BCUT2D eigenvalue weighted by molar-refractivity contribution is 0.408. The summed E-state index contributed by atoms with van der Waals surface area (Å²) < 4.78 is 5.47. The van der Waals surface area contributed by atoms with Crippen molar-refractivity contribution >= 4 is 11.3 Å². The minimum Gasteiger partial charge on any atom is -0.496 e. The van der Waals surface area contributed by atoms with Gasteiger partial charge in [-0.15, -0.1) is 11.3 Å². The summed E-state index contributed by atoms with van der Waals surface area (Å²) in [6, 6.07) is 11.3. The summed E-state index contributed by atoms with van der Waals surface area (Å²) in [5, 5.41) is 5.52. The van der Waals surface area contributed by atoms with Crippen LogP contribution in [0.2, 0.25) is 0 Å². The lowest BCUT2D eigenvalue weighted by Crippen LogP contribution is -2.18. The Morgan fingerprint density at radius 1 is 1.30 bits per heavy atom. The summed E-state index contributed by atoms with van der Waals surface area (Å²) >= 11 is 1.75. The maximum atomic E-state index is 5.47. The molecule has 0 bridgehead atoms. The maximum Gasteiger partial charge on any atom is 0.134 e. The molecule has 1 aliphatic rings. The quantitative estimate of drug-likeness (QED) is 0.883. The van der Waals surface area contributed by atoms with Gasteiger partial charge in [-0.1, -0.05) is 30.7 Å². The summed E-state index contributed by atoms with van der Waals surface area (Å²) in [4.78, 5) is 1.25. The van der Waals surface area contributed by atoms with Gasteiger partial charge in [-0.2, -0.15) is 0 Å². The highest BCUT2D eigenvalue weighted by molar-refractivity contribution is 7.10. The van der Waals surface area contributed by atoms with Crippen LogP contribution in [0, 0.1) is 0 Å². The van der Waals surface area contributed by atoms with E-state index in [2.05, 4.69) is 35.0 Å². The molecule has 0 aliphatic heterocycles.